The molecule has 8 rings (SSSR count). The van der Waals surface area contributed by atoms with Gasteiger partial charge in [0.15, 0.2) is 6.17 Å². The Hall–Kier alpha value is -4.96. The second-order valence-electron chi connectivity index (χ2n) is 11.1. The average molecular weight is 517 g/mol. The van der Waals surface area contributed by atoms with E-state index in [-0.39, 0.29) is 11.6 Å². The Morgan fingerprint density at radius 1 is 0.650 bits per heavy atom. The molecule has 1 aliphatic heterocycles. The van der Waals surface area contributed by atoms with Crippen LogP contribution in [-0.2, 0) is 5.41 Å². The Balaban J connectivity index is 1.40. The first-order valence-electron chi connectivity index (χ1n) is 13.8. The first-order valence-corrected chi connectivity index (χ1v) is 13.8. The molecule has 2 aliphatic rings. The lowest BCUT2D eigenvalue weighted by Gasteiger charge is -2.24. The summed E-state index contributed by atoms with van der Waals surface area (Å²) >= 11 is 0. The number of benzene rings is 5. The predicted octanol–water partition coefficient (Wildman–Crippen LogP) is 8.05. The number of aromatic nitrogens is 1. The highest BCUT2D eigenvalue weighted by Gasteiger charge is 2.38. The third-order valence-corrected chi connectivity index (χ3v) is 8.44. The van der Waals surface area contributed by atoms with E-state index in [1.54, 1.807) is 0 Å². The van der Waals surface area contributed by atoms with Gasteiger partial charge in [-0.15, -0.1) is 0 Å². The molecule has 0 bridgehead atoms. The van der Waals surface area contributed by atoms with E-state index in [0.29, 0.717) is 0 Å². The number of amidine groups is 1. The molecule has 1 aromatic heterocycles. The van der Waals surface area contributed by atoms with Crippen molar-refractivity contribution in [1.29, 1.82) is 0 Å². The van der Waals surface area contributed by atoms with Crippen molar-refractivity contribution in [2.45, 2.75) is 25.4 Å². The van der Waals surface area contributed by atoms with Crippen LogP contribution in [0.15, 0.2) is 131 Å². The first-order chi connectivity index (χ1) is 19.6. The highest BCUT2D eigenvalue weighted by molar-refractivity contribution is 6.20. The Kier molecular flexibility index (Phi) is 4.89. The fourth-order valence-corrected chi connectivity index (χ4v) is 6.63. The van der Waals surface area contributed by atoms with Gasteiger partial charge in [0, 0.05) is 21.8 Å². The Labute approximate surface area is 233 Å². The van der Waals surface area contributed by atoms with Gasteiger partial charge in [0.2, 0.25) is 5.96 Å². The van der Waals surface area contributed by atoms with Crippen LogP contribution in [0.3, 0.4) is 0 Å². The number of nitrogens with zero attached hydrogens (tertiary/aromatic N) is 3. The monoisotopic (exact) mass is 516 g/mol. The highest BCUT2D eigenvalue weighted by atomic mass is 15.3. The van der Waals surface area contributed by atoms with Gasteiger partial charge in [-0.1, -0.05) is 123 Å². The molecular weight excluding hydrogens is 488 g/mol. The number of nitrogens with one attached hydrogen (secondary N) is 1. The van der Waals surface area contributed by atoms with Crippen LogP contribution in [0.5, 0.6) is 0 Å². The number of hydrogen-bond acceptors (Lipinski definition) is 3. The van der Waals surface area contributed by atoms with Gasteiger partial charge in [-0.25, -0.2) is 9.98 Å². The lowest BCUT2D eigenvalue weighted by Crippen LogP contribution is -2.39. The second kappa shape index (κ2) is 8.52. The van der Waals surface area contributed by atoms with Gasteiger partial charge in [0.25, 0.3) is 0 Å². The summed E-state index contributed by atoms with van der Waals surface area (Å²) in [6.07, 6.45) is -0.348. The van der Waals surface area contributed by atoms with Crippen LogP contribution in [0.4, 0.5) is 0 Å². The molecule has 0 radical (unpaired) electrons. The molecule has 2 heterocycles. The summed E-state index contributed by atoms with van der Waals surface area (Å²) in [4.78, 5) is 10.3. The topological polar surface area (TPSA) is 41.7 Å². The largest absolute Gasteiger partial charge is 0.310 e. The summed E-state index contributed by atoms with van der Waals surface area (Å²) in [6, 6.07) is 42.7. The molecule has 1 unspecified atom stereocenters. The van der Waals surface area contributed by atoms with Crippen LogP contribution in [0.2, 0.25) is 0 Å². The maximum atomic E-state index is 5.22. The summed E-state index contributed by atoms with van der Waals surface area (Å²) in [7, 11) is 0. The molecule has 1 atom stereocenters. The van der Waals surface area contributed by atoms with Crippen molar-refractivity contribution < 1.29 is 0 Å². The molecule has 6 aromatic rings. The van der Waals surface area contributed by atoms with Gasteiger partial charge in [-0.3, -0.25) is 4.57 Å². The zero-order valence-corrected chi connectivity index (χ0v) is 22.5. The number of rotatable bonds is 2. The summed E-state index contributed by atoms with van der Waals surface area (Å²) < 4.78 is 2.29. The van der Waals surface area contributed by atoms with E-state index < -0.39 is 0 Å². The SMILES string of the molecule is CC1(C)c2ccccc2-c2ccc3c(c21)c1ccccc1n3C1=NC(c2ccccc2)N=C(c2ccccc2)N1. The molecule has 1 N–H and O–H groups in total. The Bertz CT molecular complexity index is 2000. The van der Waals surface area contributed by atoms with Crippen molar-refractivity contribution in [3.8, 4) is 11.1 Å². The van der Waals surface area contributed by atoms with Crippen LogP contribution < -0.4 is 5.32 Å². The van der Waals surface area contributed by atoms with Crippen molar-refractivity contribution in [1.82, 2.24) is 9.88 Å². The molecule has 4 nitrogen and oxygen atoms in total. The van der Waals surface area contributed by atoms with E-state index in [1.807, 2.05) is 36.4 Å². The van der Waals surface area contributed by atoms with Crippen LogP contribution in [0.1, 0.15) is 42.3 Å². The molecule has 0 saturated carbocycles. The van der Waals surface area contributed by atoms with E-state index in [1.165, 1.54) is 33.0 Å². The van der Waals surface area contributed by atoms with Gasteiger partial charge in [-0.05, 0) is 39.9 Å². The van der Waals surface area contributed by atoms with Gasteiger partial charge < -0.3 is 5.32 Å². The van der Waals surface area contributed by atoms with E-state index in [0.717, 1.165) is 34.0 Å². The smallest absolute Gasteiger partial charge is 0.211 e. The molecule has 40 heavy (non-hydrogen) atoms. The zero-order valence-electron chi connectivity index (χ0n) is 22.5. The molecule has 1 aliphatic carbocycles. The predicted molar refractivity (Wildman–Crippen MR) is 165 cm³/mol. The average Bonchev–Trinajstić information content (AvgIpc) is 3.47. The van der Waals surface area contributed by atoms with E-state index in [2.05, 4.69) is 109 Å². The minimum atomic E-state index is -0.348. The number of fused-ring (bicyclic) bond motifs is 7. The Morgan fingerprint density at radius 2 is 1.35 bits per heavy atom. The maximum Gasteiger partial charge on any atom is 0.211 e. The maximum absolute atomic E-state index is 5.22. The lowest BCUT2D eigenvalue weighted by molar-refractivity contribution is 0.666. The van der Waals surface area contributed by atoms with E-state index >= 15 is 0 Å². The molecule has 4 heteroatoms. The van der Waals surface area contributed by atoms with Crippen molar-refractivity contribution in [3.05, 3.63) is 144 Å². The van der Waals surface area contributed by atoms with Crippen molar-refractivity contribution in [2.75, 3.05) is 0 Å². The van der Waals surface area contributed by atoms with Crippen molar-refractivity contribution in [2.24, 2.45) is 9.98 Å². The molecule has 0 saturated heterocycles. The van der Waals surface area contributed by atoms with Gasteiger partial charge >= 0.3 is 0 Å². The molecular formula is C36H28N4. The zero-order chi connectivity index (χ0) is 26.8. The van der Waals surface area contributed by atoms with E-state index in [9.17, 15) is 0 Å². The fourth-order valence-electron chi connectivity index (χ4n) is 6.63. The molecule has 192 valence electrons. The summed E-state index contributed by atoms with van der Waals surface area (Å²) in [5.41, 5.74) is 9.67. The summed E-state index contributed by atoms with van der Waals surface area (Å²) in [6.45, 7) is 4.70. The fraction of sp³-hybridized carbons (Fsp3) is 0.111. The van der Waals surface area contributed by atoms with Crippen LogP contribution >= 0.6 is 0 Å². The third kappa shape index (κ3) is 3.26. The van der Waals surface area contributed by atoms with Gasteiger partial charge in [-0.2, -0.15) is 0 Å². The first kappa shape index (κ1) is 23.0. The van der Waals surface area contributed by atoms with Gasteiger partial charge in [0.1, 0.15) is 5.84 Å². The lowest BCUT2D eigenvalue weighted by atomic mass is 9.80. The van der Waals surface area contributed by atoms with Gasteiger partial charge in [0.05, 0.1) is 11.0 Å². The molecule has 5 aromatic carbocycles. The van der Waals surface area contributed by atoms with Crippen molar-refractivity contribution >= 4 is 33.6 Å². The van der Waals surface area contributed by atoms with Crippen LogP contribution in [-0.4, -0.2) is 16.4 Å². The van der Waals surface area contributed by atoms with Crippen molar-refractivity contribution in [3.63, 3.8) is 0 Å². The molecule has 0 fully saturated rings. The normalized spacial score (nSPS) is 17.2. The quantitative estimate of drug-likeness (QED) is 0.249. The minimum absolute atomic E-state index is 0.120. The summed E-state index contributed by atoms with van der Waals surface area (Å²) in [5, 5.41) is 6.15. The molecule has 0 spiro atoms. The standard InChI is InChI=1S/C36H28N4/c1-36(2)28-19-11-9-17-25(28)26-21-22-30-31(32(26)36)27-18-10-12-20-29(27)40(30)35-38-33(23-13-5-3-6-14-23)37-34(39-35)24-15-7-4-8-16-24/h3-22,33H,1-2H3,(H,37,38,39). The molecule has 0 amide bonds. The minimum Gasteiger partial charge on any atom is -0.310 e. The number of hydrogen-bond donors (Lipinski definition) is 1. The second-order valence-corrected chi connectivity index (χ2v) is 11.1. The highest BCUT2D eigenvalue weighted by Crippen LogP contribution is 2.52. The van der Waals surface area contributed by atoms with Crippen LogP contribution in [0, 0.1) is 0 Å². The van der Waals surface area contributed by atoms with E-state index in [4.69, 9.17) is 9.98 Å². The number of para-hydroxylation sites is 1. The summed E-state index contributed by atoms with van der Waals surface area (Å²) in [5.74, 6) is 1.60. The van der Waals surface area contributed by atoms with Crippen LogP contribution in [0.25, 0.3) is 32.9 Å². The number of aliphatic imine (C=N–C) groups is 2. The third-order valence-electron chi connectivity index (χ3n) is 8.44. The Morgan fingerprint density at radius 3 is 2.17 bits per heavy atom.